The third-order valence-electron chi connectivity index (χ3n) is 5.60. The first-order valence-corrected chi connectivity index (χ1v) is 11.1. The highest BCUT2D eigenvalue weighted by atomic mass is 16.5. The molecule has 8 nitrogen and oxygen atoms in total. The van der Waals surface area contributed by atoms with Crippen molar-refractivity contribution in [2.75, 3.05) is 13.2 Å². The van der Waals surface area contributed by atoms with Gasteiger partial charge in [-0.3, -0.25) is 14.6 Å². The standard InChI is InChI=1S/C25H27N3O5/c1-3-15-32-19-8-6-18(7-9-19)22-21(23(29)20-10-5-17(2)33-20)24(30)25(31)28(22)13-4-12-27-14-11-26-16-27/h5-11,14,16,22H,3-4,12-13,15H2,1-2H3,(H,29,30)/p+1. The number of hydrogen-bond acceptors (Lipinski definition) is 5. The van der Waals surface area contributed by atoms with Crippen LogP contribution in [0.4, 0.5) is 0 Å². The van der Waals surface area contributed by atoms with Crippen LogP contribution in [0.5, 0.6) is 5.75 Å². The molecule has 0 bridgehead atoms. The summed E-state index contributed by atoms with van der Waals surface area (Å²) in [5.41, 5.74) is 0.753. The Morgan fingerprint density at radius 2 is 2.03 bits per heavy atom. The van der Waals surface area contributed by atoms with Crippen LogP contribution >= 0.6 is 0 Å². The summed E-state index contributed by atoms with van der Waals surface area (Å²) in [5.74, 6) is -0.191. The molecule has 1 aliphatic heterocycles. The zero-order valence-corrected chi connectivity index (χ0v) is 18.8. The first-order chi connectivity index (χ1) is 16.0. The molecular formula is C25H28N3O5+. The molecule has 1 unspecified atom stereocenters. The zero-order valence-electron chi connectivity index (χ0n) is 18.8. The zero-order chi connectivity index (χ0) is 23.4. The van der Waals surface area contributed by atoms with Gasteiger partial charge in [0.2, 0.25) is 12.1 Å². The minimum atomic E-state index is -0.716. The number of ether oxygens (including phenoxy) is 1. The van der Waals surface area contributed by atoms with Gasteiger partial charge >= 0.3 is 0 Å². The molecule has 2 aromatic heterocycles. The Kier molecular flexibility index (Phi) is 6.63. The molecule has 33 heavy (non-hydrogen) atoms. The Morgan fingerprint density at radius 1 is 1.24 bits per heavy atom. The summed E-state index contributed by atoms with van der Waals surface area (Å²) in [6.07, 6.45) is 7.10. The summed E-state index contributed by atoms with van der Waals surface area (Å²) in [6.45, 7) is 5.43. The van der Waals surface area contributed by atoms with Crippen molar-refractivity contribution in [1.82, 2.24) is 9.88 Å². The second kappa shape index (κ2) is 9.77. The average molecular weight is 451 g/mol. The Morgan fingerprint density at radius 3 is 2.67 bits per heavy atom. The van der Waals surface area contributed by atoms with Crippen LogP contribution in [0, 0.1) is 6.92 Å². The number of aromatic amines is 1. The smallest absolute Gasteiger partial charge is 0.290 e. The van der Waals surface area contributed by atoms with E-state index in [-0.39, 0.29) is 11.3 Å². The number of nitrogens with one attached hydrogen (secondary N) is 1. The van der Waals surface area contributed by atoms with Crippen molar-refractivity contribution >= 4 is 11.7 Å². The summed E-state index contributed by atoms with van der Waals surface area (Å²) < 4.78 is 13.1. The second-order valence-corrected chi connectivity index (χ2v) is 8.02. The molecule has 8 heteroatoms. The minimum Gasteiger partial charge on any atom is -0.503 e. The molecule has 0 saturated carbocycles. The molecule has 1 amide bonds. The number of aliphatic hydroxyl groups is 1. The van der Waals surface area contributed by atoms with Crippen LogP contribution in [0.2, 0.25) is 0 Å². The topological polar surface area (TPSA) is 99.7 Å². The maximum atomic E-state index is 13.3. The van der Waals surface area contributed by atoms with Crippen LogP contribution in [0.25, 0.3) is 0 Å². The predicted octanol–water partition coefficient (Wildman–Crippen LogP) is 3.66. The van der Waals surface area contributed by atoms with Gasteiger partial charge in [-0.25, -0.2) is 4.57 Å². The van der Waals surface area contributed by atoms with Crippen LogP contribution in [-0.2, 0) is 11.3 Å². The number of nitrogens with zero attached hydrogens (tertiary/aromatic N) is 2. The molecule has 0 fully saturated rings. The number of carbonyl (C=O) groups is 2. The monoisotopic (exact) mass is 450 g/mol. The Labute approximate surface area is 192 Å². The number of benzene rings is 1. The van der Waals surface area contributed by atoms with E-state index in [0.29, 0.717) is 37.6 Å². The van der Waals surface area contributed by atoms with Crippen molar-refractivity contribution in [3.05, 3.63) is 83.5 Å². The molecule has 1 aliphatic rings. The van der Waals surface area contributed by atoms with Gasteiger partial charge in [0.25, 0.3) is 5.91 Å². The number of aryl methyl sites for hydroxylation is 2. The van der Waals surface area contributed by atoms with Gasteiger partial charge in [0.1, 0.15) is 23.9 Å². The Balaban J connectivity index is 1.64. The molecule has 3 heterocycles. The maximum Gasteiger partial charge on any atom is 0.290 e. The SMILES string of the molecule is CCCOc1ccc(C2C(C(=O)c3ccc(C)o3)=C(O)C(=O)N2CCC[n+]2cc[nH]c2)cc1. The number of ketones is 1. The predicted molar refractivity (Wildman–Crippen MR) is 120 cm³/mol. The number of aliphatic hydroxyl groups excluding tert-OH is 1. The van der Waals surface area contributed by atoms with Crippen LogP contribution in [-0.4, -0.2) is 39.8 Å². The van der Waals surface area contributed by atoms with Crippen LogP contribution in [0.3, 0.4) is 0 Å². The van der Waals surface area contributed by atoms with Gasteiger partial charge in [0.15, 0.2) is 11.5 Å². The first kappa shape index (κ1) is 22.4. The lowest BCUT2D eigenvalue weighted by Crippen LogP contribution is -2.36. The van der Waals surface area contributed by atoms with E-state index >= 15 is 0 Å². The summed E-state index contributed by atoms with van der Waals surface area (Å²) in [6, 6.07) is 9.82. The molecule has 0 spiro atoms. The van der Waals surface area contributed by atoms with E-state index in [2.05, 4.69) is 4.98 Å². The van der Waals surface area contributed by atoms with E-state index in [1.165, 1.54) is 0 Å². The average Bonchev–Trinajstić information content (AvgIpc) is 3.55. The molecule has 0 saturated heterocycles. The van der Waals surface area contributed by atoms with Gasteiger partial charge in [-0.05, 0) is 43.2 Å². The lowest BCUT2D eigenvalue weighted by Gasteiger charge is -2.26. The number of aromatic nitrogens is 2. The van der Waals surface area contributed by atoms with Gasteiger partial charge in [-0.15, -0.1) is 0 Å². The molecule has 3 aromatic rings. The fourth-order valence-corrected chi connectivity index (χ4v) is 4.00. The highest BCUT2D eigenvalue weighted by Gasteiger charge is 2.44. The van der Waals surface area contributed by atoms with Crippen LogP contribution in [0.15, 0.2) is 70.9 Å². The number of amides is 1. The van der Waals surface area contributed by atoms with E-state index in [9.17, 15) is 14.7 Å². The van der Waals surface area contributed by atoms with E-state index in [4.69, 9.17) is 9.15 Å². The third kappa shape index (κ3) is 4.69. The maximum absolute atomic E-state index is 13.3. The van der Waals surface area contributed by atoms with Crippen molar-refractivity contribution < 1.29 is 28.4 Å². The third-order valence-corrected chi connectivity index (χ3v) is 5.60. The van der Waals surface area contributed by atoms with Crippen molar-refractivity contribution in [1.29, 1.82) is 0 Å². The molecule has 4 rings (SSSR count). The quantitative estimate of drug-likeness (QED) is 0.363. The fourth-order valence-electron chi connectivity index (χ4n) is 4.00. The fraction of sp³-hybridized carbons (Fsp3) is 0.320. The number of imidazole rings is 1. The van der Waals surface area contributed by atoms with Crippen LogP contribution < -0.4 is 9.30 Å². The number of Topliss-reactive ketones (excluding diaryl/α,β-unsaturated/α-hetero) is 1. The summed E-state index contributed by atoms with van der Waals surface area (Å²) in [5, 5.41) is 10.7. The number of furan rings is 1. The molecule has 0 radical (unpaired) electrons. The summed E-state index contributed by atoms with van der Waals surface area (Å²) >= 11 is 0. The van der Waals surface area contributed by atoms with E-state index in [1.54, 1.807) is 24.0 Å². The van der Waals surface area contributed by atoms with Crippen molar-refractivity contribution in [3.8, 4) is 5.75 Å². The lowest BCUT2D eigenvalue weighted by molar-refractivity contribution is -0.695. The lowest BCUT2D eigenvalue weighted by atomic mass is 9.95. The Bertz CT molecular complexity index is 1150. The molecule has 1 aromatic carbocycles. The van der Waals surface area contributed by atoms with E-state index < -0.39 is 23.5 Å². The van der Waals surface area contributed by atoms with E-state index in [0.717, 1.165) is 12.0 Å². The summed E-state index contributed by atoms with van der Waals surface area (Å²) in [7, 11) is 0. The van der Waals surface area contributed by atoms with Crippen molar-refractivity contribution in [2.45, 2.75) is 39.3 Å². The van der Waals surface area contributed by atoms with Crippen molar-refractivity contribution in [2.24, 2.45) is 0 Å². The van der Waals surface area contributed by atoms with Gasteiger partial charge < -0.3 is 19.2 Å². The van der Waals surface area contributed by atoms with Crippen LogP contribution in [0.1, 0.15) is 47.7 Å². The molecule has 1 atom stereocenters. The van der Waals surface area contributed by atoms with Gasteiger partial charge in [-0.1, -0.05) is 19.1 Å². The number of rotatable bonds is 10. The highest BCUT2D eigenvalue weighted by Crippen LogP contribution is 2.39. The number of carbonyl (C=O) groups excluding carboxylic acids is 2. The normalized spacial score (nSPS) is 16.0. The second-order valence-electron chi connectivity index (χ2n) is 8.02. The largest absolute Gasteiger partial charge is 0.503 e. The summed E-state index contributed by atoms with van der Waals surface area (Å²) in [4.78, 5) is 30.9. The van der Waals surface area contributed by atoms with Gasteiger partial charge in [-0.2, -0.15) is 0 Å². The van der Waals surface area contributed by atoms with Gasteiger partial charge in [0.05, 0.1) is 24.8 Å². The molecule has 172 valence electrons. The molecule has 0 aliphatic carbocycles. The van der Waals surface area contributed by atoms with E-state index in [1.807, 2.05) is 54.5 Å². The van der Waals surface area contributed by atoms with Gasteiger partial charge in [0, 0.05) is 13.0 Å². The Hall–Kier alpha value is -3.81. The number of H-pyrrole nitrogens is 1. The molecular weight excluding hydrogens is 422 g/mol. The highest BCUT2D eigenvalue weighted by molar-refractivity contribution is 6.15. The first-order valence-electron chi connectivity index (χ1n) is 11.1. The molecule has 2 N–H and O–H groups in total. The number of hydrogen-bond donors (Lipinski definition) is 2. The van der Waals surface area contributed by atoms with Crippen molar-refractivity contribution in [3.63, 3.8) is 0 Å². The minimum absolute atomic E-state index is 0.0332.